The Balaban J connectivity index is 1.29. The highest BCUT2D eigenvalue weighted by atomic mass is 32.1. The van der Waals surface area contributed by atoms with Crippen LogP contribution < -0.4 is 16.0 Å². The van der Waals surface area contributed by atoms with Crippen molar-refractivity contribution in [3.05, 3.63) is 89.8 Å². The van der Waals surface area contributed by atoms with Crippen molar-refractivity contribution < 1.29 is 9.59 Å². The van der Waals surface area contributed by atoms with Gasteiger partial charge in [-0.05, 0) is 42.0 Å². The fourth-order valence-corrected chi connectivity index (χ4v) is 3.52. The minimum atomic E-state index is -0.359. The lowest BCUT2D eigenvalue weighted by molar-refractivity contribution is 0.0955. The number of nitrogens with one attached hydrogen (secondary N) is 3. The third-order valence-corrected chi connectivity index (χ3v) is 5.17. The molecule has 0 bridgehead atoms. The van der Waals surface area contributed by atoms with E-state index in [1.807, 2.05) is 42.5 Å². The number of amides is 3. The van der Waals surface area contributed by atoms with Gasteiger partial charge in [-0.1, -0.05) is 30.3 Å². The summed E-state index contributed by atoms with van der Waals surface area (Å²) in [5, 5.41) is 13.0. The van der Waals surface area contributed by atoms with Crippen molar-refractivity contribution in [1.29, 1.82) is 0 Å². The lowest BCUT2D eigenvalue weighted by Crippen LogP contribution is -2.21. The van der Waals surface area contributed by atoms with Gasteiger partial charge >= 0.3 is 6.03 Å². The van der Waals surface area contributed by atoms with E-state index in [2.05, 4.69) is 26.0 Å². The summed E-state index contributed by atoms with van der Waals surface area (Å²) in [4.78, 5) is 28.9. The SMILES string of the molecule is O=C(Nc1ccccc1)Nc1ccc(C(=O)NCc2ccc(-n3cncn3)cc2)s1. The molecule has 0 saturated heterocycles. The van der Waals surface area contributed by atoms with Crippen molar-refractivity contribution in [3.63, 3.8) is 0 Å². The molecule has 9 heteroatoms. The maximum Gasteiger partial charge on any atom is 0.324 e. The summed E-state index contributed by atoms with van der Waals surface area (Å²) in [6.45, 7) is 0.394. The van der Waals surface area contributed by atoms with E-state index < -0.39 is 0 Å². The summed E-state index contributed by atoms with van der Waals surface area (Å²) in [5.74, 6) is -0.197. The zero-order valence-electron chi connectivity index (χ0n) is 15.8. The van der Waals surface area contributed by atoms with E-state index in [-0.39, 0.29) is 11.9 Å². The highest BCUT2D eigenvalue weighted by Crippen LogP contribution is 2.22. The molecule has 2 heterocycles. The summed E-state index contributed by atoms with van der Waals surface area (Å²) in [6, 6.07) is 19.8. The molecule has 30 heavy (non-hydrogen) atoms. The number of urea groups is 1. The smallest absolute Gasteiger partial charge is 0.324 e. The maximum absolute atomic E-state index is 12.4. The lowest BCUT2D eigenvalue weighted by atomic mass is 10.2. The first-order valence-corrected chi connectivity index (χ1v) is 9.94. The molecule has 8 nitrogen and oxygen atoms in total. The van der Waals surface area contributed by atoms with Gasteiger partial charge in [-0.15, -0.1) is 11.3 Å². The maximum atomic E-state index is 12.4. The van der Waals surface area contributed by atoms with Gasteiger partial charge in [-0.2, -0.15) is 5.10 Å². The van der Waals surface area contributed by atoms with E-state index >= 15 is 0 Å². The average Bonchev–Trinajstić information content (AvgIpc) is 3.45. The minimum Gasteiger partial charge on any atom is -0.347 e. The first kappa shape index (κ1) is 19.3. The Hall–Kier alpha value is -3.98. The minimum absolute atomic E-state index is 0.197. The van der Waals surface area contributed by atoms with Gasteiger partial charge in [0.15, 0.2) is 0 Å². The Morgan fingerprint density at radius 2 is 1.73 bits per heavy atom. The van der Waals surface area contributed by atoms with Gasteiger partial charge in [0.05, 0.1) is 15.6 Å². The van der Waals surface area contributed by atoms with Gasteiger partial charge < -0.3 is 10.6 Å². The second-order valence-electron chi connectivity index (χ2n) is 6.30. The van der Waals surface area contributed by atoms with Crippen molar-refractivity contribution >= 4 is 34.0 Å². The zero-order chi connectivity index (χ0) is 20.8. The number of thiophene rings is 1. The quantitative estimate of drug-likeness (QED) is 0.442. The number of aromatic nitrogens is 3. The molecule has 0 unspecified atom stereocenters. The highest BCUT2D eigenvalue weighted by molar-refractivity contribution is 7.18. The van der Waals surface area contributed by atoms with Crippen LogP contribution in [0.1, 0.15) is 15.2 Å². The summed E-state index contributed by atoms with van der Waals surface area (Å²) in [5.41, 5.74) is 2.55. The predicted octanol–water partition coefficient (Wildman–Crippen LogP) is 3.90. The molecule has 2 aromatic heterocycles. The van der Waals surface area contributed by atoms with Crippen LogP contribution in [-0.4, -0.2) is 26.7 Å². The zero-order valence-corrected chi connectivity index (χ0v) is 16.6. The van der Waals surface area contributed by atoms with Crippen molar-refractivity contribution in [2.75, 3.05) is 10.6 Å². The second kappa shape index (κ2) is 9.01. The van der Waals surface area contributed by atoms with Crippen LogP contribution in [0.15, 0.2) is 79.4 Å². The topological polar surface area (TPSA) is 101 Å². The Morgan fingerprint density at radius 3 is 2.47 bits per heavy atom. The fourth-order valence-electron chi connectivity index (χ4n) is 2.70. The number of anilines is 2. The largest absolute Gasteiger partial charge is 0.347 e. The third-order valence-electron chi connectivity index (χ3n) is 4.17. The summed E-state index contributed by atoms with van der Waals surface area (Å²) in [7, 11) is 0. The van der Waals surface area contributed by atoms with Gasteiger partial charge in [0.1, 0.15) is 12.7 Å². The van der Waals surface area contributed by atoms with E-state index in [0.29, 0.717) is 22.1 Å². The summed E-state index contributed by atoms with van der Waals surface area (Å²) < 4.78 is 1.66. The van der Waals surface area contributed by atoms with E-state index in [1.165, 1.54) is 17.7 Å². The predicted molar refractivity (Wildman–Crippen MR) is 116 cm³/mol. The average molecular weight is 418 g/mol. The number of benzene rings is 2. The van der Waals surface area contributed by atoms with E-state index in [1.54, 1.807) is 35.3 Å². The summed E-state index contributed by atoms with van der Waals surface area (Å²) >= 11 is 1.21. The van der Waals surface area contributed by atoms with Crippen LogP contribution in [-0.2, 0) is 6.54 Å². The van der Waals surface area contributed by atoms with Crippen LogP contribution in [0.25, 0.3) is 5.69 Å². The third kappa shape index (κ3) is 4.89. The van der Waals surface area contributed by atoms with Crippen molar-refractivity contribution in [2.45, 2.75) is 6.54 Å². The molecule has 0 atom stereocenters. The van der Waals surface area contributed by atoms with Crippen LogP contribution >= 0.6 is 11.3 Å². The monoisotopic (exact) mass is 418 g/mol. The summed E-state index contributed by atoms with van der Waals surface area (Å²) in [6.07, 6.45) is 3.10. The van der Waals surface area contributed by atoms with Crippen LogP contribution in [0.2, 0.25) is 0 Å². The highest BCUT2D eigenvalue weighted by Gasteiger charge is 2.11. The molecule has 0 aliphatic carbocycles. The van der Waals surface area contributed by atoms with E-state index in [4.69, 9.17) is 0 Å². The molecule has 4 aromatic rings. The lowest BCUT2D eigenvalue weighted by Gasteiger charge is -2.06. The van der Waals surface area contributed by atoms with E-state index in [9.17, 15) is 9.59 Å². The van der Waals surface area contributed by atoms with E-state index in [0.717, 1.165) is 11.3 Å². The molecule has 2 aromatic carbocycles. The fraction of sp³-hybridized carbons (Fsp3) is 0.0476. The van der Waals surface area contributed by atoms with Crippen molar-refractivity contribution in [3.8, 4) is 5.69 Å². The van der Waals surface area contributed by atoms with Crippen LogP contribution in [0.4, 0.5) is 15.5 Å². The van der Waals surface area contributed by atoms with Gasteiger partial charge in [-0.25, -0.2) is 14.5 Å². The van der Waals surface area contributed by atoms with Crippen LogP contribution in [0.5, 0.6) is 0 Å². The first-order valence-electron chi connectivity index (χ1n) is 9.12. The van der Waals surface area contributed by atoms with Gasteiger partial charge in [0, 0.05) is 12.2 Å². The number of rotatable bonds is 6. The second-order valence-corrected chi connectivity index (χ2v) is 7.38. The molecule has 0 aliphatic heterocycles. The molecule has 0 radical (unpaired) electrons. The number of carbonyl (C=O) groups is 2. The molecule has 3 N–H and O–H groups in total. The molecule has 0 aliphatic rings. The Bertz CT molecular complexity index is 1120. The Morgan fingerprint density at radius 1 is 0.933 bits per heavy atom. The van der Waals surface area contributed by atoms with Gasteiger partial charge in [0.25, 0.3) is 5.91 Å². The van der Waals surface area contributed by atoms with Crippen molar-refractivity contribution in [1.82, 2.24) is 20.1 Å². The number of para-hydroxylation sites is 1. The van der Waals surface area contributed by atoms with Crippen LogP contribution in [0, 0.1) is 0 Å². The molecule has 0 fully saturated rings. The molecule has 4 rings (SSSR count). The van der Waals surface area contributed by atoms with Crippen LogP contribution in [0.3, 0.4) is 0 Å². The number of hydrogen-bond acceptors (Lipinski definition) is 5. The Kier molecular flexibility index (Phi) is 5.81. The molecular weight excluding hydrogens is 400 g/mol. The molecule has 0 saturated carbocycles. The standard InChI is InChI=1S/C21H18N6O2S/c28-20(23-12-15-6-8-17(9-7-15)27-14-22-13-24-27)18-10-11-19(30-18)26-21(29)25-16-4-2-1-3-5-16/h1-11,13-14H,12H2,(H,23,28)(H2,25,26,29). The molecule has 0 spiro atoms. The number of hydrogen-bond donors (Lipinski definition) is 3. The van der Waals surface area contributed by atoms with Gasteiger partial charge in [-0.3, -0.25) is 10.1 Å². The molecule has 3 amide bonds. The molecular formula is C21H18N6O2S. The number of carbonyl (C=O) groups excluding carboxylic acids is 2. The molecule has 150 valence electrons. The van der Waals surface area contributed by atoms with Crippen molar-refractivity contribution in [2.24, 2.45) is 0 Å². The normalized spacial score (nSPS) is 10.4. The Labute approximate surface area is 176 Å². The number of nitrogens with zero attached hydrogens (tertiary/aromatic N) is 3. The van der Waals surface area contributed by atoms with Gasteiger partial charge in [0.2, 0.25) is 0 Å². The first-order chi connectivity index (χ1) is 14.7.